The molecule has 0 atom stereocenters. The van der Waals surface area contributed by atoms with Gasteiger partial charge in [0.15, 0.2) is 5.82 Å². The highest BCUT2D eigenvalue weighted by Gasteiger charge is 2.14. The van der Waals surface area contributed by atoms with Gasteiger partial charge in [-0.15, -0.1) is 11.6 Å². The quantitative estimate of drug-likeness (QED) is 0.285. The van der Waals surface area contributed by atoms with Gasteiger partial charge in [0, 0.05) is 4.47 Å². The van der Waals surface area contributed by atoms with Gasteiger partial charge in [0.25, 0.3) is 0 Å². The van der Waals surface area contributed by atoms with Gasteiger partial charge in [-0.25, -0.2) is 9.38 Å². The van der Waals surface area contributed by atoms with E-state index in [0.29, 0.717) is 4.47 Å². The molecular formula is C8H5BrCl3FN2. The lowest BCUT2D eigenvalue weighted by atomic mass is 10.3. The van der Waals surface area contributed by atoms with Crippen molar-refractivity contribution in [1.29, 1.82) is 0 Å². The number of rotatable bonds is 2. The van der Waals surface area contributed by atoms with E-state index in [-0.39, 0.29) is 27.4 Å². The minimum atomic E-state index is -0.734. The molecule has 1 aromatic rings. The SMILES string of the molecule is NC(CCl)=Nc1c(Br)cc(Cl)c(F)c1Cl. The molecule has 0 saturated carbocycles. The van der Waals surface area contributed by atoms with Crippen LogP contribution in [0.3, 0.4) is 0 Å². The lowest BCUT2D eigenvalue weighted by molar-refractivity contribution is 0.629. The molecule has 0 bridgehead atoms. The molecule has 0 spiro atoms. The molecule has 82 valence electrons. The summed E-state index contributed by atoms with van der Waals surface area (Å²) in [6.45, 7) is 0. The van der Waals surface area contributed by atoms with E-state index in [1.165, 1.54) is 6.07 Å². The molecule has 0 aromatic heterocycles. The number of amidine groups is 1. The predicted octanol–water partition coefficient (Wildman–Crippen LogP) is 4.12. The van der Waals surface area contributed by atoms with Gasteiger partial charge >= 0.3 is 0 Å². The van der Waals surface area contributed by atoms with Crippen LogP contribution in [0.1, 0.15) is 0 Å². The Morgan fingerprint density at radius 2 is 2.13 bits per heavy atom. The van der Waals surface area contributed by atoms with Crippen LogP contribution in [-0.2, 0) is 0 Å². The van der Waals surface area contributed by atoms with E-state index >= 15 is 0 Å². The second-order valence-corrected chi connectivity index (χ2v) is 4.46. The Balaban J connectivity index is 3.36. The van der Waals surface area contributed by atoms with Crippen LogP contribution in [0.4, 0.5) is 10.1 Å². The van der Waals surface area contributed by atoms with Gasteiger partial charge in [-0.05, 0) is 22.0 Å². The topological polar surface area (TPSA) is 38.4 Å². The molecule has 0 saturated heterocycles. The van der Waals surface area contributed by atoms with Crippen molar-refractivity contribution in [2.24, 2.45) is 10.7 Å². The van der Waals surface area contributed by atoms with E-state index in [1.807, 2.05) is 0 Å². The van der Waals surface area contributed by atoms with E-state index in [0.717, 1.165) is 0 Å². The average Bonchev–Trinajstić information content (AvgIpc) is 2.21. The first-order chi connectivity index (χ1) is 6.97. The molecule has 0 radical (unpaired) electrons. The Morgan fingerprint density at radius 1 is 1.53 bits per heavy atom. The molecule has 2 N–H and O–H groups in total. The molecule has 7 heteroatoms. The Bertz CT molecular complexity index is 423. The second-order valence-electron chi connectivity index (χ2n) is 2.55. The van der Waals surface area contributed by atoms with E-state index in [1.54, 1.807) is 0 Å². The molecule has 1 rings (SSSR count). The molecule has 0 heterocycles. The fourth-order valence-electron chi connectivity index (χ4n) is 0.833. The van der Waals surface area contributed by atoms with E-state index < -0.39 is 5.82 Å². The highest BCUT2D eigenvalue weighted by atomic mass is 79.9. The first-order valence-electron chi connectivity index (χ1n) is 3.69. The van der Waals surface area contributed by atoms with Crippen molar-refractivity contribution in [3.05, 3.63) is 26.4 Å². The van der Waals surface area contributed by atoms with Gasteiger partial charge in [-0.2, -0.15) is 0 Å². The molecule has 0 amide bonds. The zero-order chi connectivity index (χ0) is 11.6. The van der Waals surface area contributed by atoms with Crippen molar-refractivity contribution in [2.45, 2.75) is 0 Å². The summed E-state index contributed by atoms with van der Waals surface area (Å²) in [6.07, 6.45) is 0. The molecule has 0 fully saturated rings. The van der Waals surface area contributed by atoms with Gasteiger partial charge in [-0.1, -0.05) is 23.2 Å². The molecule has 2 nitrogen and oxygen atoms in total. The first kappa shape index (κ1) is 13.0. The van der Waals surface area contributed by atoms with Crippen LogP contribution in [0.5, 0.6) is 0 Å². The number of hydrogen-bond donors (Lipinski definition) is 1. The number of nitrogens with zero attached hydrogens (tertiary/aromatic N) is 1. The molecule has 1 aromatic carbocycles. The van der Waals surface area contributed by atoms with Gasteiger partial charge in [-0.3, -0.25) is 0 Å². The van der Waals surface area contributed by atoms with Crippen molar-refractivity contribution in [3.63, 3.8) is 0 Å². The Kier molecular flexibility index (Phi) is 4.64. The number of benzene rings is 1. The maximum Gasteiger partial charge on any atom is 0.162 e. The zero-order valence-electron chi connectivity index (χ0n) is 7.20. The number of alkyl halides is 1. The minimum Gasteiger partial charge on any atom is -0.386 e. The third-order valence-electron chi connectivity index (χ3n) is 1.48. The molecule has 0 aliphatic heterocycles. The van der Waals surface area contributed by atoms with E-state index in [9.17, 15) is 4.39 Å². The first-order valence-corrected chi connectivity index (χ1v) is 5.77. The number of nitrogens with two attached hydrogens (primary N) is 1. The van der Waals surface area contributed by atoms with Crippen molar-refractivity contribution in [1.82, 2.24) is 0 Å². The summed E-state index contributed by atoms with van der Waals surface area (Å²) in [4.78, 5) is 3.86. The van der Waals surface area contributed by atoms with Crippen molar-refractivity contribution >= 4 is 62.3 Å². The third-order valence-corrected chi connectivity index (χ3v) is 2.98. The normalized spacial score (nSPS) is 11.9. The summed E-state index contributed by atoms with van der Waals surface area (Å²) in [5.41, 5.74) is 5.59. The predicted molar refractivity (Wildman–Crippen MR) is 66.1 cm³/mol. The largest absolute Gasteiger partial charge is 0.386 e. The second kappa shape index (κ2) is 5.34. The molecule has 15 heavy (non-hydrogen) atoms. The highest BCUT2D eigenvalue weighted by molar-refractivity contribution is 9.10. The monoisotopic (exact) mass is 332 g/mol. The van der Waals surface area contributed by atoms with E-state index in [2.05, 4.69) is 20.9 Å². The summed E-state index contributed by atoms with van der Waals surface area (Å²) in [5.74, 6) is -0.559. The van der Waals surface area contributed by atoms with Crippen LogP contribution < -0.4 is 5.73 Å². The van der Waals surface area contributed by atoms with Crippen LogP contribution in [0.15, 0.2) is 15.5 Å². The number of aliphatic imine (C=N–C) groups is 1. The summed E-state index contributed by atoms with van der Waals surface area (Å²) in [7, 11) is 0. The number of hydrogen-bond acceptors (Lipinski definition) is 1. The van der Waals surface area contributed by atoms with Crippen LogP contribution in [0.25, 0.3) is 0 Å². The summed E-state index contributed by atoms with van der Waals surface area (Å²) in [6, 6.07) is 1.35. The smallest absolute Gasteiger partial charge is 0.162 e. The Morgan fingerprint density at radius 3 is 2.67 bits per heavy atom. The fraction of sp³-hybridized carbons (Fsp3) is 0.125. The van der Waals surface area contributed by atoms with Gasteiger partial charge in [0.1, 0.15) is 16.5 Å². The average molecular weight is 334 g/mol. The van der Waals surface area contributed by atoms with Crippen molar-refractivity contribution in [3.8, 4) is 0 Å². The van der Waals surface area contributed by atoms with Crippen LogP contribution >= 0.6 is 50.7 Å². The molecular weight excluding hydrogens is 329 g/mol. The lowest BCUT2D eigenvalue weighted by Gasteiger charge is -2.05. The summed E-state index contributed by atoms with van der Waals surface area (Å²) in [5, 5.41) is -0.280. The third kappa shape index (κ3) is 2.97. The van der Waals surface area contributed by atoms with Crippen LogP contribution in [0.2, 0.25) is 10.0 Å². The van der Waals surface area contributed by atoms with E-state index in [4.69, 9.17) is 40.5 Å². The minimum absolute atomic E-state index is 0.0347. The number of halogens is 5. The highest BCUT2D eigenvalue weighted by Crippen LogP contribution is 2.38. The van der Waals surface area contributed by atoms with Crippen molar-refractivity contribution < 1.29 is 4.39 Å². The lowest BCUT2D eigenvalue weighted by Crippen LogP contribution is -2.12. The van der Waals surface area contributed by atoms with Crippen LogP contribution in [-0.4, -0.2) is 11.7 Å². The molecule has 0 aliphatic carbocycles. The van der Waals surface area contributed by atoms with Gasteiger partial charge < -0.3 is 5.73 Å². The standard InChI is InChI=1S/C8H5BrCl3FN2/c9-3-1-4(11)7(13)6(12)8(3)15-5(14)2-10/h1H,2H2,(H2,14,15). The molecule has 0 unspecified atom stereocenters. The molecule has 0 aliphatic rings. The van der Waals surface area contributed by atoms with Crippen molar-refractivity contribution in [2.75, 3.05) is 5.88 Å². The Labute approximate surface area is 109 Å². The van der Waals surface area contributed by atoms with Gasteiger partial charge in [0.2, 0.25) is 0 Å². The zero-order valence-corrected chi connectivity index (χ0v) is 11.1. The maximum absolute atomic E-state index is 13.3. The van der Waals surface area contributed by atoms with Gasteiger partial charge in [0.05, 0.1) is 10.9 Å². The van der Waals surface area contributed by atoms with Crippen LogP contribution in [0, 0.1) is 5.82 Å². The fourth-order valence-corrected chi connectivity index (χ4v) is 2.15. The summed E-state index contributed by atoms with van der Waals surface area (Å²) >= 11 is 19.9. The Hall–Kier alpha value is -0.0300. The summed E-state index contributed by atoms with van der Waals surface area (Å²) < 4.78 is 13.7. The maximum atomic E-state index is 13.3.